The monoisotopic (exact) mass is 443 g/mol. The molecule has 0 fully saturated rings. The Hall–Kier alpha value is -3.87. The summed E-state index contributed by atoms with van der Waals surface area (Å²) in [4.78, 5) is 16.4. The van der Waals surface area contributed by atoms with E-state index in [1.54, 1.807) is 4.80 Å². The Kier molecular flexibility index (Phi) is 6.58. The van der Waals surface area contributed by atoms with Crippen LogP contribution in [0.1, 0.15) is 25.0 Å². The van der Waals surface area contributed by atoms with Gasteiger partial charge in [-0.15, -0.1) is 10.2 Å². The van der Waals surface area contributed by atoms with Crippen molar-refractivity contribution < 1.29 is 9.53 Å². The molecule has 1 heterocycles. The summed E-state index contributed by atoms with van der Waals surface area (Å²) in [6.07, 6.45) is 0. The first-order chi connectivity index (χ1) is 16.0. The molecule has 7 nitrogen and oxygen atoms in total. The van der Waals surface area contributed by atoms with Crippen molar-refractivity contribution >= 4 is 28.3 Å². The number of para-hydroxylation sites is 1. The van der Waals surface area contributed by atoms with Crippen molar-refractivity contribution in [3.63, 3.8) is 0 Å². The maximum atomic E-state index is 12.4. The number of anilines is 2. The summed E-state index contributed by atoms with van der Waals surface area (Å²) in [6, 6.07) is 19.4. The van der Waals surface area contributed by atoms with Crippen LogP contribution in [-0.4, -0.2) is 40.6 Å². The van der Waals surface area contributed by atoms with Crippen LogP contribution in [0.3, 0.4) is 0 Å². The number of hydrogen-bond acceptors (Lipinski definition) is 5. The van der Waals surface area contributed by atoms with Crippen molar-refractivity contribution in [2.24, 2.45) is 0 Å². The van der Waals surface area contributed by atoms with Crippen molar-refractivity contribution in [1.82, 2.24) is 15.0 Å². The smallest absolute Gasteiger partial charge is 0.262 e. The molecule has 4 aromatic rings. The van der Waals surface area contributed by atoms with E-state index >= 15 is 0 Å². The third-order valence-corrected chi connectivity index (χ3v) is 5.64. The van der Waals surface area contributed by atoms with Crippen LogP contribution in [0.2, 0.25) is 0 Å². The highest BCUT2D eigenvalue weighted by Crippen LogP contribution is 2.25. The molecule has 0 radical (unpaired) electrons. The molecule has 0 saturated heterocycles. The molecule has 3 aromatic carbocycles. The number of nitrogens with zero attached hydrogens (tertiary/aromatic N) is 4. The molecule has 0 aliphatic rings. The third-order valence-electron chi connectivity index (χ3n) is 5.64. The van der Waals surface area contributed by atoms with Gasteiger partial charge in [0.2, 0.25) is 0 Å². The summed E-state index contributed by atoms with van der Waals surface area (Å²) >= 11 is 0. The summed E-state index contributed by atoms with van der Waals surface area (Å²) in [7, 11) is 0. The van der Waals surface area contributed by atoms with Gasteiger partial charge in [0.05, 0.1) is 5.69 Å². The summed E-state index contributed by atoms with van der Waals surface area (Å²) < 4.78 is 5.54. The van der Waals surface area contributed by atoms with E-state index in [1.807, 2.05) is 49.4 Å². The van der Waals surface area contributed by atoms with Crippen LogP contribution in [0, 0.1) is 13.8 Å². The third kappa shape index (κ3) is 4.98. The molecule has 1 N–H and O–H groups in total. The van der Waals surface area contributed by atoms with Crippen LogP contribution in [0.25, 0.3) is 16.7 Å². The topological polar surface area (TPSA) is 72.3 Å². The maximum Gasteiger partial charge on any atom is 0.262 e. The molecule has 0 bridgehead atoms. The Balaban J connectivity index is 1.53. The van der Waals surface area contributed by atoms with Gasteiger partial charge in [0.25, 0.3) is 5.91 Å². The van der Waals surface area contributed by atoms with Crippen molar-refractivity contribution in [2.45, 2.75) is 27.7 Å². The fourth-order valence-electron chi connectivity index (χ4n) is 3.81. The molecule has 0 aliphatic carbocycles. The largest absolute Gasteiger partial charge is 0.484 e. The molecule has 0 saturated carbocycles. The zero-order valence-corrected chi connectivity index (χ0v) is 19.5. The number of carbonyl (C=O) groups excluding carboxylic acids is 1. The Morgan fingerprint density at radius 1 is 0.939 bits per heavy atom. The lowest BCUT2D eigenvalue weighted by molar-refractivity contribution is -0.118. The van der Waals surface area contributed by atoms with Crippen LogP contribution in [0.15, 0.2) is 60.7 Å². The molecule has 0 atom stereocenters. The first kappa shape index (κ1) is 22.3. The molecule has 0 aliphatic heterocycles. The fraction of sp³-hybridized carbons (Fsp3) is 0.269. The second-order valence-electron chi connectivity index (χ2n) is 7.94. The summed E-state index contributed by atoms with van der Waals surface area (Å²) in [6.45, 7) is 10.2. The molecule has 0 spiro atoms. The van der Waals surface area contributed by atoms with Gasteiger partial charge in [-0.1, -0.05) is 18.2 Å². The van der Waals surface area contributed by atoms with Gasteiger partial charge in [-0.05, 0) is 81.3 Å². The molecular formula is C26H29N5O2. The molecule has 1 aromatic heterocycles. The Bertz CT molecular complexity index is 1260. The Morgan fingerprint density at radius 3 is 2.30 bits per heavy atom. The average Bonchev–Trinajstić information content (AvgIpc) is 3.22. The van der Waals surface area contributed by atoms with E-state index in [4.69, 9.17) is 4.74 Å². The van der Waals surface area contributed by atoms with E-state index in [0.717, 1.165) is 35.4 Å². The zero-order chi connectivity index (χ0) is 23.4. The van der Waals surface area contributed by atoms with Crippen molar-refractivity contribution in [2.75, 3.05) is 29.9 Å². The number of amides is 1. The quantitative estimate of drug-likeness (QED) is 0.419. The number of fused-ring (bicyclic) bond motifs is 1. The van der Waals surface area contributed by atoms with Gasteiger partial charge in [-0.3, -0.25) is 4.79 Å². The van der Waals surface area contributed by atoms with Crippen molar-refractivity contribution in [3.05, 3.63) is 71.8 Å². The van der Waals surface area contributed by atoms with E-state index in [1.165, 1.54) is 5.69 Å². The number of aryl methyl sites for hydroxylation is 2. The summed E-state index contributed by atoms with van der Waals surface area (Å²) in [5, 5.41) is 12.3. The van der Waals surface area contributed by atoms with Gasteiger partial charge in [-0.2, -0.15) is 4.80 Å². The lowest BCUT2D eigenvalue weighted by Crippen LogP contribution is -2.21. The van der Waals surface area contributed by atoms with E-state index in [0.29, 0.717) is 17.0 Å². The number of benzene rings is 3. The minimum Gasteiger partial charge on any atom is -0.484 e. The minimum absolute atomic E-state index is 0.0632. The fourth-order valence-corrected chi connectivity index (χ4v) is 3.81. The van der Waals surface area contributed by atoms with Crippen LogP contribution in [0.5, 0.6) is 5.75 Å². The summed E-state index contributed by atoms with van der Waals surface area (Å²) in [5.74, 6) is 0.432. The highest BCUT2D eigenvalue weighted by atomic mass is 16.5. The standard InChI is InChI=1S/C26H29N5O2/c1-5-30(6-2)20-12-13-25(19(4)14-20)31-28-23-15-18(3)22(16-24(23)29-31)27-26(32)17-33-21-10-8-7-9-11-21/h7-16H,5-6,17H2,1-4H3,(H,27,32). The molecule has 33 heavy (non-hydrogen) atoms. The summed E-state index contributed by atoms with van der Waals surface area (Å²) in [5.41, 5.74) is 6.33. The van der Waals surface area contributed by atoms with Crippen LogP contribution >= 0.6 is 0 Å². The van der Waals surface area contributed by atoms with Gasteiger partial charge >= 0.3 is 0 Å². The lowest BCUT2D eigenvalue weighted by Gasteiger charge is -2.22. The molecule has 0 unspecified atom stereocenters. The van der Waals surface area contributed by atoms with Crippen molar-refractivity contribution in [1.29, 1.82) is 0 Å². The first-order valence-corrected chi connectivity index (χ1v) is 11.2. The number of nitrogens with one attached hydrogen (secondary N) is 1. The van der Waals surface area contributed by atoms with Gasteiger partial charge in [0, 0.05) is 24.5 Å². The van der Waals surface area contributed by atoms with Gasteiger partial charge in [-0.25, -0.2) is 0 Å². The number of carbonyl (C=O) groups is 1. The second kappa shape index (κ2) is 9.73. The second-order valence-corrected chi connectivity index (χ2v) is 7.94. The number of hydrogen-bond donors (Lipinski definition) is 1. The number of ether oxygens (including phenoxy) is 1. The van der Waals surface area contributed by atoms with Gasteiger partial charge in [0.15, 0.2) is 6.61 Å². The van der Waals surface area contributed by atoms with E-state index in [-0.39, 0.29) is 12.5 Å². The number of aromatic nitrogens is 3. The SMILES string of the molecule is CCN(CC)c1ccc(-n2nc3cc(C)c(NC(=O)COc4ccccc4)cc3n2)c(C)c1. The molecule has 4 rings (SSSR count). The zero-order valence-electron chi connectivity index (χ0n) is 19.5. The Labute approximate surface area is 194 Å². The normalized spacial score (nSPS) is 10.9. The highest BCUT2D eigenvalue weighted by molar-refractivity contribution is 5.95. The molecular weight excluding hydrogens is 414 g/mol. The predicted octanol–water partition coefficient (Wildman–Crippen LogP) is 4.90. The highest BCUT2D eigenvalue weighted by Gasteiger charge is 2.13. The minimum atomic E-state index is -0.225. The predicted molar refractivity (Wildman–Crippen MR) is 132 cm³/mol. The van der Waals surface area contributed by atoms with Gasteiger partial charge in [0.1, 0.15) is 16.8 Å². The van der Waals surface area contributed by atoms with Crippen LogP contribution in [0.4, 0.5) is 11.4 Å². The van der Waals surface area contributed by atoms with Crippen LogP contribution in [-0.2, 0) is 4.79 Å². The Morgan fingerprint density at radius 2 is 1.64 bits per heavy atom. The van der Waals surface area contributed by atoms with E-state index in [9.17, 15) is 4.79 Å². The molecule has 7 heteroatoms. The lowest BCUT2D eigenvalue weighted by atomic mass is 10.1. The van der Waals surface area contributed by atoms with Crippen LogP contribution < -0.4 is 15.0 Å². The van der Waals surface area contributed by atoms with E-state index in [2.05, 4.69) is 59.4 Å². The number of rotatable bonds is 8. The van der Waals surface area contributed by atoms with E-state index < -0.39 is 0 Å². The van der Waals surface area contributed by atoms with Gasteiger partial charge < -0.3 is 15.0 Å². The average molecular weight is 444 g/mol. The first-order valence-electron chi connectivity index (χ1n) is 11.2. The molecule has 170 valence electrons. The molecule has 1 amide bonds. The maximum absolute atomic E-state index is 12.4. The van der Waals surface area contributed by atoms with Crippen molar-refractivity contribution in [3.8, 4) is 11.4 Å².